The van der Waals surface area contributed by atoms with Gasteiger partial charge in [-0.15, -0.1) is 0 Å². The number of hydrogen-bond acceptors (Lipinski definition) is 10. The van der Waals surface area contributed by atoms with Gasteiger partial charge in [0.05, 0.1) is 19.3 Å². The summed E-state index contributed by atoms with van der Waals surface area (Å²) in [6.07, 6.45) is -5.49. The van der Waals surface area contributed by atoms with E-state index in [4.69, 9.17) is 32.5 Å². The molecule has 0 spiro atoms. The first-order valence-electron chi connectivity index (χ1n) is 11.7. The van der Waals surface area contributed by atoms with Gasteiger partial charge in [0.1, 0.15) is 0 Å². The highest BCUT2D eigenvalue weighted by Crippen LogP contribution is 2.46. The van der Waals surface area contributed by atoms with Crippen molar-refractivity contribution in [3.63, 3.8) is 0 Å². The van der Waals surface area contributed by atoms with Gasteiger partial charge in [0.25, 0.3) is 0 Å². The van der Waals surface area contributed by atoms with Gasteiger partial charge in [-0.25, -0.2) is 0 Å². The fourth-order valence-electron chi connectivity index (χ4n) is 3.64. The number of ether oxygens (including phenoxy) is 4. The van der Waals surface area contributed by atoms with Crippen molar-refractivity contribution in [2.45, 2.75) is 71.6 Å². The molecule has 200 valence electrons. The zero-order valence-corrected chi connectivity index (χ0v) is 22.0. The third kappa shape index (κ3) is 9.18. The molecule has 0 saturated carbocycles. The van der Waals surface area contributed by atoms with Gasteiger partial charge in [-0.1, -0.05) is 60.7 Å². The van der Waals surface area contributed by atoms with Gasteiger partial charge >= 0.3 is 26.5 Å². The van der Waals surface area contributed by atoms with Crippen LogP contribution in [-0.4, -0.2) is 48.6 Å². The van der Waals surface area contributed by atoms with Gasteiger partial charge in [0.15, 0.2) is 18.3 Å². The van der Waals surface area contributed by atoms with Crippen LogP contribution in [0.15, 0.2) is 60.7 Å². The second-order valence-corrected chi connectivity index (χ2v) is 9.45. The van der Waals surface area contributed by atoms with E-state index in [1.165, 1.54) is 20.8 Å². The summed E-state index contributed by atoms with van der Waals surface area (Å²) in [5, 5.41) is 0. The Morgan fingerprint density at radius 3 is 1.59 bits per heavy atom. The maximum Gasteiger partial charge on any atom is 0.335 e. The number of rotatable bonds is 11. The van der Waals surface area contributed by atoms with E-state index in [0.717, 1.165) is 11.1 Å². The minimum atomic E-state index is -2.04. The van der Waals surface area contributed by atoms with Crippen LogP contribution in [0.25, 0.3) is 0 Å². The quantitative estimate of drug-likeness (QED) is 0.236. The lowest BCUT2D eigenvalue weighted by Crippen LogP contribution is -2.60. The van der Waals surface area contributed by atoms with Crippen LogP contribution in [0.3, 0.4) is 0 Å². The first-order valence-corrected chi connectivity index (χ1v) is 12.8. The number of benzene rings is 2. The van der Waals surface area contributed by atoms with Gasteiger partial charge in [-0.2, -0.15) is 0 Å². The van der Waals surface area contributed by atoms with Gasteiger partial charge in [-0.05, 0) is 18.1 Å². The zero-order valence-electron chi connectivity index (χ0n) is 21.1. The Balaban J connectivity index is 1.83. The van der Waals surface area contributed by atoms with E-state index in [9.17, 15) is 14.4 Å². The van der Waals surface area contributed by atoms with Gasteiger partial charge in [0.2, 0.25) is 6.29 Å². The van der Waals surface area contributed by atoms with Crippen LogP contribution in [-0.2, 0) is 60.1 Å². The average molecular weight is 534 g/mol. The molecule has 0 aromatic heterocycles. The van der Waals surface area contributed by atoms with Gasteiger partial charge in [-0.3, -0.25) is 18.9 Å². The molecule has 0 N–H and O–H groups in total. The molecule has 1 fully saturated rings. The molecule has 0 aliphatic carbocycles. The third-order valence-corrected chi connectivity index (χ3v) is 6.24. The third-order valence-electron chi connectivity index (χ3n) is 5.18. The monoisotopic (exact) mass is 534 g/mol. The predicted molar refractivity (Wildman–Crippen MR) is 131 cm³/mol. The average Bonchev–Trinajstić information content (AvgIpc) is 2.86. The molecule has 0 bridgehead atoms. The molecule has 0 radical (unpaired) electrons. The van der Waals surface area contributed by atoms with Crippen LogP contribution in [0.4, 0.5) is 0 Å². The maximum atomic E-state index is 12.0. The van der Waals surface area contributed by atoms with Gasteiger partial charge < -0.3 is 28.0 Å². The lowest BCUT2D eigenvalue weighted by atomic mass is 9.99. The smallest absolute Gasteiger partial charge is 0.335 e. The summed E-state index contributed by atoms with van der Waals surface area (Å²) in [5.74, 6) is -1.94. The van der Waals surface area contributed by atoms with E-state index < -0.39 is 57.2 Å². The molecule has 37 heavy (non-hydrogen) atoms. The molecule has 2 unspecified atom stereocenters. The van der Waals surface area contributed by atoms with E-state index in [1.54, 1.807) is 6.92 Å². The lowest BCUT2D eigenvalue weighted by Gasteiger charge is -2.43. The second kappa shape index (κ2) is 14.2. The summed E-state index contributed by atoms with van der Waals surface area (Å²) in [7, 11) is -2.04. The standard InChI is InChI=1S/C26H31O10P/c1-17-23(33-18(2)27)24(34-19(3)28)25(35-20(4)29)26(32-17)36-37(30-15-21-11-7-5-8-12-21)31-16-22-13-9-6-10-14-22/h5-14,17,23-26H,15-16H2,1-4H3/t17?,23-,24-,25?,26+/m0/s1. The Labute approximate surface area is 217 Å². The van der Waals surface area contributed by atoms with E-state index in [2.05, 4.69) is 0 Å². The number of esters is 3. The fourth-order valence-corrected chi connectivity index (χ4v) is 4.69. The topological polar surface area (TPSA) is 116 Å². The van der Waals surface area contributed by atoms with Crippen molar-refractivity contribution in [1.29, 1.82) is 0 Å². The SMILES string of the molecule is CC(=O)OC1[C@@H](OP(OCc2ccccc2)OCc2ccccc2)OC(C)[C@H](OC(C)=O)[C@@H]1OC(C)=O. The molecule has 2 aromatic rings. The molecule has 10 nitrogen and oxygen atoms in total. The highest BCUT2D eigenvalue weighted by atomic mass is 31.2. The summed E-state index contributed by atoms with van der Waals surface area (Å²) >= 11 is 0. The summed E-state index contributed by atoms with van der Waals surface area (Å²) in [5.41, 5.74) is 1.79. The van der Waals surface area contributed by atoms with Crippen molar-refractivity contribution in [3.8, 4) is 0 Å². The molecule has 2 aromatic carbocycles. The Morgan fingerprint density at radius 1 is 0.703 bits per heavy atom. The summed E-state index contributed by atoms with van der Waals surface area (Å²) in [6, 6.07) is 18.9. The number of hydrogen-bond donors (Lipinski definition) is 0. The predicted octanol–water partition coefficient (Wildman–Crippen LogP) is 4.20. The first-order chi connectivity index (χ1) is 17.7. The minimum Gasteiger partial charge on any atom is -0.456 e. The van der Waals surface area contributed by atoms with Crippen LogP contribution >= 0.6 is 8.60 Å². The van der Waals surface area contributed by atoms with E-state index >= 15 is 0 Å². The zero-order chi connectivity index (χ0) is 26.8. The molecule has 1 aliphatic rings. The van der Waals surface area contributed by atoms with Crippen molar-refractivity contribution in [2.75, 3.05) is 0 Å². The molecule has 5 atom stereocenters. The summed E-state index contributed by atoms with van der Waals surface area (Å²) in [4.78, 5) is 35.6. The fraction of sp³-hybridized carbons (Fsp3) is 0.423. The first kappa shape index (κ1) is 28.7. The van der Waals surface area contributed by atoms with E-state index in [0.29, 0.717) is 0 Å². The van der Waals surface area contributed by atoms with E-state index in [-0.39, 0.29) is 13.2 Å². The molecule has 3 rings (SSSR count). The Morgan fingerprint density at radius 2 is 1.14 bits per heavy atom. The van der Waals surface area contributed by atoms with Crippen molar-refractivity contribution in [1.82, 2.24) is 0 Å². The summed E-state index contributed by atoms with van der Waals surface area (Å²) in [6.45, 7) is 5.61. The molecule has 11 heteroatoms. The van der Waals surface area contributed by atoms with Crippen LogP contribution in [0, 0.1) is 0 Å². The van der Waals surface area contributed by atoms with Crippen molar-refractivity contribution >= 4 is 26.5 Å². The minimum absolute atomic E-state index is 0.186. The van der Waals surface area contributed by atoms with Crippen LogP contribution < -0.4 is 0 Å². The molecular weight excluding hydrogens is 503 g/mol. The van der Waals surface area contributed by atoms with Crippen molar-refractivity contribution in [2.24, 2.45) is 0 Å². The highest BCUT2D eigenvalue weighted by Gasteiger charge is 2.52. The van der Waals surface area contributed by atoms with E-state index in [1.807, 2.05) is 60.7 Å². The Hall–Kier alpha value is -2.88. The second-order valence-electron chi connectivity index (χ2n) is 8.28. The van der Waals surface area contributed by atoms with Gasteiger partial charge in [0, 0.05) is 20.8 Å². The normalized spacial score (nSPS) is 23.3. The Kier molecular flexibility index (Phi) is 11.0. The van der Waals surface area contributed by atoms with Crippen LogP contribution in [0.5, 0.6) is 0 Å². The summed E-state index contributed by atoms with van der Waals surface area (Å²) < 4.78 is 40.2. The number of carbonyl (C=O) groups excluding carboxylic acids is 3. The largest absolute Gasteiger partial charge is 0.456 e. The van der Waals surface area contributed by atoms with Crippen molar-refractivity contribution < 1.29 is 46.9 Å². The highest BCUT2D eigenvalue weighted by molar-refractivity contribution is 7.41. The molecule has 1 saturated heterocycles. The lowest BCUT2D eigenvalue weighted by molar-refractivity contribution is -0.282. The molecular formula is C26H31O10P. The molecule has 0 amide bonds. The molecule has 1 aliphatic heterocycles. The maximum absolute atomic E-state index is 12.0. The van der Waals surface area contributed by atoms with Crippen LogP contribution in [0.1, 0.15) is 38.8 Å². The molecule has 1 heterocycles. The van der Waals surface area contributed by atoms with Crippen molar-refractivity contribution in [3.05, 3.63) is 71.8 Å². The number of carbonyl (C=O) groups is 3. The van der Waals surface area contributed by atoms with Crippen LogP contribution in [0.2, 0.25) is 0 Å². The Bertz CT molecular complexity index is 975.